The van der Waals surface area contributed by atoms with Crippen molar-refractivity contribution in [2.24, 2.45) is 0 Å². The molecular weight excluding hydrogens is 386 g/mol. The fourth-order valence-electron chi connectivity index (χ4n) is 4.82. The average molecular weight is 410 g/mol. The van der Waals surface area contributed by atoms with Crippen molar-refractivity contribution >= 4 is 21.8 Å². The van der Waals surface area contributed by atoms with Gasteiger partial charge in [0.2, 0.25) is 0 Å². The summed E-state index contributed by atoms with van der Waals surface area (Å²) in [6.07, 6.45) is 0. The molecule has 0 bridgehead atoms. The number of fused-ring (bicyclic) bond motifs is 3. The first-order valence-electron chi connectivity index (χ1n) is 11.1. The van der Waals surface area contributed by atoms with Crippen molar-refractivity contribution in [1.82, 2.24) is 4.57 Å². The van der Waals surface area contributed by atoms with E-state index in [4.69, 9.17) is 0 Å². The van der Waals surface area contributed by atoms with Crippen LogP contribution in [-0.2, 0) is 0 Å². The maximum Gasteiger partial charge on any atom is 0.0625 e. The SMILES string of the molecule is Cc1ccc2c(c1)c1c(-c3ccccc3)ccc(-c3ccccc3)c1n2-c1ccccc1. The van der Waals surface area contributed by atoms with Gasteiger partial charge in [-0.05, 0) is 47.9 Å². The molecular formula is C31H23N. The third kappa shape index (κ3) is 2.94. The van der Waals surface area contributed by atoms with Gasteiger partial charge in [-0.25, -0.2) is 0 Å². The third-order valence-corrected chi connectivity index (χ3v) is 6.25. The molecule has 1 heterocycles. The lowest BCUT2D eigenvalue weighted by molar-refractivity contribution is 1.18. The van der Waals surface area contributed by atoms with Crippen molar-refractivity contribution < 1.29 is 0 Å². The zero-order chi connectivity index (χ0) is 21.5. The highest BCUT2D eigenvalue weighted by Crippen LogP contribution is 2.43. The molecule has 0 saturated heterocycles. The summed E-state index contributed by atoms with van der Waals surface area (Å²) in [5.41, 5.74) is 9.93. The van der Waals surface area contributed by atoms with E-state index in [1.807, 2.05) is 0 Å². The van der Waals surface area contributed by atoms with Gasteiger partial charge in [0.15, 0.2) is 0 Å². The molecule has 6 aromatic rings. The van der Waals surface area contributed by atoms with Gasteiger partial charge in [0.1, 0.15) is 0 Å². The molecule has 0 aliphatic carbocycles. The standard InChI is InChI=1S/C31H23N/c1-22-17-20-29-28(21-22)30-26(23-11-5-2-6-12-23)18-19-27(24-13-7-3-8-14-24)31(30)32(29)25-15-9-4-10-16-25/h2-21H,1H3. The Kier molecular flexibility index (Phi) is 4.40. The molecule has 0 N–H and O–H groups in total. The molecule has 0 atom stereocenters. The van der Waals surface area contributed by atoms with E-state index >= 15 is 0 Å². The number of benzene rings is 5. The van der Waals surface area contributed by atoms with Gasteiger partial charge < -0.3 is 4.57 Å². The fourth-order valence-corrected chi connectivity index (χ4v) is 4.82. The Morgan fingerprint density at radius 1 is 0.531 bits per heavy atom. The summed E-state index contributed by atoms with van der Waals surface area (Å²) >= 11 is 0. The van der Waals surface area contributed by atoms with Crippen LogP contribution in [0.15, 0.2) is 121 Å². The first-order valence-corrected chi connectivity index (χ1v) is 11.1. The van der Waals surface area contributed by atoms with E-state index in [1.165, 1.54) is 55.3 Å². The molecule has 1 heteroatoms. The van der Waals surface area contributed by atoms with Crippen LogP contribution in [0.2, 0.25) is 0 Å². The highest BCUT2D eigenvalue weighted by atomic mass is 15.0. The van der Waals surface area contributed by atoms with Crippen LogP contribution in [-0.4, -0.2) is 4.57 Å². The van der Waals surface area contributed by atoms with E-state index in [1.54, 1.807) is 0 Å². The minimum atomic E-state index is 1.18. The van der Waals surface area contributed by atoms with E-state index < -0.39 is 0 Å². The van der Waals surface area contributed by atoms with Crippen LogP contribution >= 0.6 is 0 Å². The molecule has 0 radical (unpaired) electrons. The lowest BCUT2D eigenvalue weighted by Gasteiger charge is -2.13. The highest BCUT2D eigenvalue weighted by Gasteiger charge is 2.20. The molecule has 0 amide bonds. The lowest BCUT2D eigenvalue weighted by Crippen LogP contribution is -1.95. The summed E-state index contributed by atoms with van der Waals surface area (Å²) in [5, 5.41) is 2.60. The monoisotopic (exact) mass is 409 g/mol. The highest BCUT2D eigenvalue weighted by molar-refractivity contribution is 6.19. The van der Waals surface area contributed by atoms with Crippen LogP contribution in [0, 0.1) is 6.92 Å². The minimum Gasteiger partial charge on any atom is -0.309 e. The molecule has 0 saturated carbocycles. The molecule has 1 nitrogen and oxygen atoms in total. The number of hydrogen-bond donors (Lipinski definition) is 0. The van der Waals surface area contributed by atoms with Crippen molar-refractivity contribution in [2.45, 2.75) is 6.92 Å². The number of aryl methyl sites for hydroxylation is 1. The van der Waals surface area contributed by atoms with Crippen molar-refractivity contribution in [2.75, 3.05) is 0 Å². The second-order valence-corrected chi connectivity index (χ2v) is 8.31. The zero-order valence-electron chi connectivity index (χ0n) is 18.0. The van der Waals surface area contributed by atoms with E-state index in [2.05, 4.69) is 133 Å². The Hall–Kier alpha value is -4.10. The van der Waals surface area contributed by atoms with Gasteiger partial charge in [-0.3, -0.25) is 0 Å². The summed E-state index contributed by atoms with van der Waals surface area (Å²) in [7, 11) is 0. The van der Waals surface area contributed by atoms with E-state index in [9.17, 15) is 0 Å². The first-order chi connectivity index (χ1) is 15.8. The summed E-state index contributed by atoms with van der Waals surface area (Å²) in [4.78, 5) is 0. The van der Waals surface area contributed by atoms with Gasteiger partial charge in [-0.2, -0.15) is 0 Å². The van der Waals surface area contributed by atoms with Crippen LogP contribution in [0.3, 0.4) is 0 Å². The Bertz CT molecular complexity index is 1540. The summed E-state index contributed by atoms with van der Waals surface area (Å²) in [5.74, 6) is 0. The Morgan fingerprint density at radius 3 is 1.75 bits per heavy atom. The van der Waals surface area contributed by atoms with Gasteiger partial charge in [-0.15, -0.1) is 0 Å². The Labute approximate surface area is 188 Å². The van der Waals surface area contributed by atoms with Crippen molar-refractivity contribution in [3.63, 3.8) is 0 Å². The number of hydrogen-bond acceptors (Lipinski definition) is 0. The molecule has 0 fully saturated rings. The van der Waals surface area contributed by atoms with Gasteiger partial charge in [-0.1, -0.05) is 103 Å². The molecule has 32 heavy (non-hydrogen) atoms. The normalized spacial score (nSPS) is 11.3. The number of para-hydroxylation sites is 1. The predicted molar refractivity (Wildman–Crippen MR) is 136 cm³/mol. The summed E-state index contributed by atoms with van der Waals surface area (Å²) < 4.78 is 2.43. The number of aromatic nitrogens is 1. The van der Waals surface area contributed by atoms with Crippen molar-refractivity contribution in [3.05, 3.63) is 127 Å². The Morgan fingerprint density at radius 2 is 1.09 bits per heavy atom. The fraction of sp³-hybridized carbons (Fsp3) is 0.0323. The summed E-state index contributed by atoms with van der Waals surface area (Å²) in [6, 6.07) is 43.5. The maximum atomic E-state index is 2.43. The summed E-state index contributed by atoms with van der Waals surface area (Å²) in [6.45, 7) is 2.17. The molecule has 0 spiro atoms. The van der Waals surface area contributed by atoms with E-state index in [0.29, 0.717) is 0 Å². The molecule has 152 valence electrons. The van der Waals surface area contributed by atoms with Crippen LogP contribution in [0.4, 0.5) is 0 Å². The van der Waals surface area contributed by atoms with Crippen molar-refractivity contribution in [1.29, 1.82) is 0 Å². The zero-order valence-corrected chi connectivity index (χ0v) is 18.0. The predicted octanol–water partition coefficient (Wildman–Crippen LogP) is 8.43. The van der Waals surface area contributed by atoms with Gasteiger partial charge in [0.25, 0.3) is 0 Å². The first kappa shape index (κ1) is 18.7. The topological polar surface area (TPSA) is 4.93 Å². The van der Waals surface area contributed by atoms with E-state index in [-0.39, 0.29) is 0 Å². The number of rotatable bonds is 3. The average Bonchev–Trinajstić information content (AvgIpc) is 3.19. The van der Waals surface area contributed by atoms with E-state index in [0.717, 1.165) is 0 Å². The smallest absolute Gasteiger partial charge is 0.0625 e. The third-order valence-electron chi connectivity index (χ3n) is 6.25. The largest absolute Gasteiger partial charge is 0.309 e. The second-order valence-electron chi connectivity index (χ2n) is 8.31. The molecule has 0 aliphatic rings. The molecule has 0 unspecified atom stereocenters. The van der Waals surface area contributed by atoms with Gasteiger partial charge in [0.05, 0.1) is 11.0 Å². The molecule has 6 rings (SSSR count). The van der Waals surface area contributed by atoms with Crippen LogP contribution in [0.5, 0.6) is 0 Å². The van der Waals surface area contributed by atoms with Crippen LogP contribution in [0.1, 0.15) is 5.56 Å². The quantitative estimate of drug-likeness (QED) is 0.276. The second kappa shape index (κ2) is 7.55. The number of nitrogens with zero attached hydrogens (tertiary/aromatic N) is 1. The molecule has 0 aliphatic heterocycles. The lowest BCUT2D eigenvalue weighted by atomic mass is 9.94. The van der Waals surface area contributed by atoms with Crippen LogP contribution in [0.25, 0.3) is 49.7 Å². The van der Waals surface area contributed by atoms with Gasteiger partial charge >= 0.3 is 0 Å². The minimum absolute atomic E-state index is 1.18. The molecule has 1 aromatic heterocycles. The maximum absolute atomic E-state index is 2.43. The van der Waals surface area contributed by atoms with Gasteiger partial charge in [0, 0.05) is 22.0 Å². The molecule has 5 aromatic carbocycles. The van der Waals surface area contributed by atoms with Crippen LogP contribution < -0.4 is 0 Å². The van der Waals surface area contributed by atoms with Crippen molar-refractivity contribution in [3.8, 4) is 27.9 Å². The Balaban J connectivity index is 1.86.